The average Bonchev–Trinajstić information content (AvgIpc) is 3.15. The van der Waals surface area contributed by atoms with Crippen molar-refractivity contribution < 1.29 is 4.79 Å². The fourth-order valence-electron chi connectivity index (χ4n) is 2.52. The number of hydrogen-bond donors (Lipinski definition) is 1. The highest BCUT2D eigenvalue weighted by Gasteiger charge is 2.11. The van der Waals surface area contributed by atoms with Gasteiger partial charge in [0.2, 0.25) is 5.91 Å². The SMILES string of the molecule is O=C(Cc1cccc2cnc(-c3cccnc3)nc12)Nc1nccs1. The molecule has 25 heavy (non-hydrogen) atoms. The van der Waals surface area contributed by atoms with E-state index in [1.165, 1.54) is 11.3 Å². The molecule has 0 unspecified atom stereocenters. The number of aromatic nitrogens is 4. The predicted octanol–water partition coefficient (Wildman–Crippen LogP) is 3.33. The Morgan fingerprint density at radius 1 is 1.08 bits per heavy atom. The highest BCUT2D eigenvalue weighted by atomic mass is 32.1. The second kappa shape index (κ2) is 6.74. The number of pyridine rings is 1. The summed E-state index contributed by atoms with van der Waals surface area (Å²) in [6, 6.07) is 9.50. The molecule has 0 bridgehead atoms. The molecule has 3 aromatic heterocycles. The van der Waals surface area contributed by atoms with Crippen LogP contribution in [-0.2, 0) is 11.2 Å². The predicted molar refractivity (Wildman–Crippen MR) is 97.2 cm³/mol. The van der Waals surface area contributed by atoms with E-state index in [1.807, 2.05) is 35.7 Å². The van der Waals surface area contributed by atoms with E-state index in [0.29, 0.717) is 11.0 Å². The molecule has 1 aromatic carbocycles. The van der Waals surface area contributed by atoms with Crippen molar-refractivity contribution in [3.05, 3.63) is 66.1 Å². The minimum atomic E-state index is -0.121. The first-order valence-electron chi connectivity index (χ1n) is 7.64. The van der Waals surface area contributed by atoms with Gasteiger partial charge in [0.05, 0.1) is 11.9 Å². The van der Waals surface area contributed by atoms with Gasteiger partial charge in [0, 0.05) is 41.1 Å². The maximum Gasteiger partial charge on any atom is 0.230 e. The summed E-state index contributed by atoms with van der Waals surface area (Å²) >= 11 is 1.39. The third-order valence-corrected chi connectivity index (χ3v) is 4.33. The fourth-order valence-corrected chi connectivity index (χ4v) is 3.06. The maximum absolute atomic E-state index is 12.3. The van der Waals surface area contributed by atoms with Crippen LogP contribution in [0.1, 0.15) is 5.56 Å². The van der Waals surface area contributed by atoms with Crippen LogP contribution in [0.15, 0.2) is 60.5 Å². The van der Waals surface area contributed by atoms with Gasteiger partial charge >= 0.3 is 0 Å². The van der Waals surface area contributed by atoms with E-state index in [1.54, 1.807) is 24.8 Å². The lowest BCUT2D eigenvalue weighted by atomic mass is 10.1. The van der Waals surface area contributed by atoms with Crippen molar-refractivity contribution >= 4 is 33.3 Å². The van der Waals surface area contributed by atoms with E-state index in [0.717, 1.165) is 22.0 Å². The second-order valence-electron chi connectivity index (χ2n) is 5.35. The lowest BCUT2D eigenvalue weighted by Gasteiger charge is -2.07. The van der Waals surface area contributed by atoms with Gasteiger partial charge in [0.1, 0.15) is 0 Å². The Hall–Kier alpha value is -3.19. The quantitative estimate of drug-likeness (QED) is 0.612. The van der Waals surface area contributed by atoms with Gasteiger partial charge in [0.25, 0.3) is 0 Å². The van der Waals surface area contributed by atoms with Crippen LogP contribution >= 0.6 is 11.3 Å². The summed E-state index contributed by atoms with van der Waals surface area (Å²) < 4.78 is 0. The van der Waals surface area contributed by atoms with Gasteiger partial charge < -0.3 is 5.32 Å². The van der Waals surface area contributed by atoms with E-state index in [2.05, 4.69) is 25.3 Å². The van der Waals surface area contributed by atoms with Gasteiger partial charge in [-0.3, -0.25) is 9.78 Å². The summed E-state index contributed by atoms with van der Waals surface area (Å²) in [6.07, 6.45) is 7.08. The van der Waals surface area contributed by atoms with Crippen LogP contribution in [-0.4, -0.2) is 25.8 Å². The average molecular weight is 347 g/mol. The molecule has 3 heterocycles. The largest absolute Gasteiger partial charge is 0.302 e. The van der Waals surface area contributed by atoms with E-state index in [9.17, 15) is 4.79 Å². The van der Waals surface area contributed by atoms with Gasteiger partial charge in [-0.1, -0.05) is 18.2 Å². The Bertz CT molecular complexity index is 1020. The van der Waals surface area contributed by atoms with Crippen molar-refractivity contribution in [2.75, 3.05) is 5.32 Å². The van der Waals surface area contributed by atoms with E-state index in [4.69, 9.17) is 0 Å². The molecule has 4 aromatic rings. The van der Waals surface area contributed by atoms with Crippen LogP contribution in [0.25, 0.3) is 22.3 Å². The van der Waals surface area contributed by atoms with Crippen LogP contribution in [0.4, 0.5) is 5.13 Å². The third-order valence-electron chi connectivity index (χ3n) is 3.64. The molecule has 0 aliphatic carbocycles. The van der Waals surface area contributed by atoms with Crippen LogP contribution < -0.4 is 5.32 Å². The Kier molecular flexibility index (Phi) is 4.14. The highest BCUT2D eigenvalue weighted by molar-refractivity contribution is 7.13. The summed E-state index contributed by atoms with van der Waals surface area (Å²) in [5.74, 6) is 0.470. The number of nitrogens with one attached hydrogen (secondary N) is 1. The number of rotatable bonds is 4. The highest BCUT2D eigenvalue weighted by Crippen LogP contribution is 2.21. The number of benzene rings is 1. The van der Waals surface area contributed by atoms with Gasteiger partial charge in [-0.25, -0.2) is 15.0 Å². The molecule has 1 N–H and O–H groups in total. The first-order chi connectivity index (χ1) is 12.3. The van der Waals surface area contributed by atoms with Crippen molar-refractivity contribution in [1.29, 1.82) is 0 Å². The van der Waals surface area contributed by atoms with E-state index < -0.39 is 0 Å². The zero-order valence-corrected chi connectivity index (χ0v) is 13.9. The molecule has 0 spiro atoms. The molecule has 0 radical (unpaired) electrons. The smallest absolute Gasteiger partial charge is 0.230 e. The third kappa shape index (κ3) is 3.36. The molecule has 0 saturated heterocycles. The second-order valence-corrected chi connectivity index (χ2v) is 6.25. The number of hydrogen-bond acceptors (Lipinski definition) is 6. The molecular weight excluding hydrogens is 334 g/mol. The molecule has 7 heteroatoms. The van der Waals surface area contributed by atoms with Crippen molar-refractivity contribution in [2.24, 2.45) is 0 Å². The van der Waals surface area contributed by atoms with Crippen LogP contribution in [0.3, 0.4) is 0 Å². The van der Waals surface area contributed by atoms with Crippen LogP contribution in [0.5, 0.6) is 0 Å². The van der Waals surface area contributed by atoms with E-state index in [-0.39, 0.29) is 12.3 Å². The minimum absolute atomic E-state index is 0.121. The molecular formula is C18H13N5OS. The molecule has 4 rings (SSSR count). The fraction of sp³-hybridized carbons (Fsp3) is 0.0556. The Labute approximate surface area is 147 Å². The molecule has 0 aliphatic rings. The standard InChI is InChI=1S/C18H13N5OS/c24-15(22-18-20-7-8-25-18)9-12-3-1-4-13-11-21-17(23-16(12)13)14-5-2-6-19-10-14/h1-8,10-11H,9H2,(H,20,22,24). The minimum Gasteiger partial charge on any atom is -0.302 e. The number of amides is 1. The number of nitrogens with zero attached hydrogens (tertiary/aromatic N) is 4. The molecule has 0 aliphatic heterocycles. The van der Waals surface area contributed by atoms with Crippen molar-refractivity contribution in [2.45, 2.75) is 6.42 Å². The summed E-state index contributed by atoms with van der Waals surface area (Å²) in [5, 5.41) is 6.11. The molecule has 1 amide bonds. The monoisotopic (exact) mass is 347 g/mol. The van der Waals surface area contributed by atoms with Crippen molar-refractivity contribution in [3.63, 3.8) is 0 Å². The summed E-state index contributed by atoms with van der Waals surface area (Å²) in [6.45, 7) is 0. The number of carbonyl (C=O) groups excluding carboxylic acids is 1. The van der Waals surface area contributed by atoms with Crippen molar-refractivity contribution in [3.8, 4) is 11.4 Å². The number of fused-ring (bicyclic) bond motifs is 1. The zero-order chi connectivity index (χ0) is 17.1. The molecule has 122 valence electrons. The Morgan fingerprint density at radius 2 is 2.04 bits per heavy atom. The number of thiazole rings is 1. The summed E-state index contributed by atoms with van der Waals surface area (Å²) in [7, 11) is 0. The molecule has 0 atom stereocenters. The normalized spacial score (nSPS) is 10.7. The van der Waals surface area contributed by atoms with E-state index >= 15 is 0 Å². The summed E-state index contributed by atoms with van der Waals surface area (Å²) in [4.78, 5) is 29.5. The maximum atomic E-state index is 12.3. The lowest BCUT2D eigenvalue weighted by molar-refractivity contribution is -0.115. The lowest BCUT2D eigenvalue weighted by Crippen LogP contribution is -2.14. The van der Waals surface area contributed by atoms with Gasteiger partial charge in [-0.05, 0) is 17.7 Å². The van der Waals surface area contributed by atoms with Gasteiger partial charge in [-0.2, -0.15) is 0 Å². The number of anilines is 1. The molecule has 6 nitrogen and oxygen atoms in total. The van der Waals surface area contributed by atoms with Crippen molar-refractivity contribution in [1.82, 2.24) is 19.9 Å². The zero-order valence-electron chi connectivity index (χ0n) is 13.1. The van der Waals surface area contributed by atoms with Gasteiger partial charge in [-0.15, -0.1) is 11.3 Å². The number of carbonyl (C=O) groups is 1. The van der Waals surface area contributed by atoms with Gasteiger partial charge in [0.15, 0.2) is 11.0 Å². The molecule has 0 fully saturated rings. The number of para-hydroxylation sites is 1. The first kappa shape index (κ1) is 15.3. The Balaban J connectivity index is 1.67. The van der Waals surface area contributed by atoms with Crippen LogP contribution in [0, 0.1) is 0 Å². The first-order valence-corrected chi connectivity index (χ1v) is 8.52. The molecule has 0 saturated carbocycles. The topological polar surface area (TPSA) is 80.7 Å². The summed E-state index contributed by atoms with van der Waals surface area (Å²) in [5.41, 5.74) is 2.45. The van der Waals surface area contributed by atoms with Crippen LogP contribution in [0.2, 0.25) is 0 Å². The Morgan fingerprint density at radius 3 is 2.84 bits per heavy atom.